The molecule has 0 radical (unpaired) electrons. The third-order valence-corrected chi connectivity index (χ3v) is 3.55. The van der Waals surface area contributed by atoms with Gasteiger partial charge in [0, 0.05) is 5.54 Å². The Labute approximate surface area is 107 Å². The molecule has 1 heterocycles. The van der Waals surface area contributed by atoms with E-state index in [-0.39, 0.29) is 24.1 Å². The Kier molecular flexibility index (Phi) is 4.04. The van der Waals surface area contributed by atoms with Crippen molar-refractivity contribution >= 4 is 5.91 Å². The van der Waals surface area contributed by atoms with Crippen LogP contribution in [0.3, 0.4) is 0 Å². The third-order valence-electron chi connectivity index (χ3n) is 3.55. The molecule has 1 amide bonds. The molecule has 2 rings (SSSR count). The van der Waals surface area contributed by atoms with Gasteiger partial charge in [-0.1, -0.05) is 0 Å². The Morgan fingerprint density at radius 2 is 2.39 bits per heavy atom. The molecule has 0 spiro atoms. The van der Waals surface area contributed by atoms with Crippen LogP contribution in [0.5, 0.6) is 0 Å². The van der Waals surface area contributed by atoms with Crippen LogP contribution in [0.1, 0.15) is 31.9 Å². The maximum Gasteiger partial charge on any atom is 0.237 e. The minimum atomic E-state index is -0.313. The summed E-state index contributed by atoms with van der Waals surface area (Å²) in [5.41, 5.74) is -0.249. The molecule has 1 aliphatic rings. The monoisotopic (exact) mass is 252 g/mol. The van der Waals surface area contributed by atoms with Crippen molar-refractivity contribution in [1.82, 2.24) is 10.6 Å². The third kappa shape index (κ3) is 2.91. The smallest absolute Gasteiger partial charge is 0.237 e. The Morgan fingerprint density at radius 3 is 2.89 bits per heavy atom. The van der Waals surface area contributed by atoms with Crippen LogP contribution in [-0.2, 0) is 11.3 Å². The van der Waals surface area contributed by atoms with Gasteiger partial charge in [-0.25, -0.2) is 0 Å². The number of aliphatic hydroxyl groups excluding tert-OH is 1. The second-order valence-electron chi connectivity index (χ2n) is 4.96. The molecule has 3 N–H and O–H groups in total. The van der Waals surface area contributed by atoms with E-state index in [0.717, 1.165) is 25.0 Å². The van der Waals surface area contributed by atoms with E-state index in [9.17, 15) is 9.90 Å². The van der Waals surface area contributed by atoms with E-state index >= 15 is 0 Å². The fraction of sp³-hybridized carbons (Fsp3) is 0.615. The molecule has 1 aromatic rings. The largest absolute Gasteiger partial charge is 0.467 e. The van der Waals surface area contributed by atoms with Crippen LogP contribution in [0, 0.1) is 0 Å². The van der Waals surface area contributed by atoms with Gasteiger partial charge < -0.3 is 14.8 Å². The minimum Gasteiger partial charge on any atom is -0.467 e. The summed E-state index contributed by atoms with van der Waals surface area (Å²) in [5.74, 6) is 0.655. The lowest BCUT2D eigenvalue weighted by atomic mass is 9.77. The van der Waals surface area contributed by atoms with E-state index in [1.54, 1.807) is 12.3 Å². The molecule has 100 valence electrons. The number of carbonyl (C=O) groups is 1. The first-order valence-corrected chi connectivity index (χ1v) is 6.34. The van der Waals surface area contributed by atoms with Gasteiger partial charge in [0.25, 0.3) is 0 Å². The second-order valence-corrected chi connectivity index (χ2v) is 4.96. The number of hydrogen-bond acceptors (Lipinski definition) is 4. The van der Waals surface area contributed by atoms with Crippen molar-refractivity contribution in [2.75, 3.05) is 6.61 Å². The number of aliphatic hydroxyl groups is 1. The van der Waals surface area contributed by atoms with E-state index in [2.05, 4.69) is 10.6 Å². The van der Waals surface area contributed by atoms with Crippen molar-refractivity contribution in [3.63, 3.8) is 0 Å². The molecule has 1 atom stereocenters. The van der Waals surface area contributed by atoms with Gasteiger partial charge in [-0.05, 0) is 38.3 Å². The lowest BCUT2D eigenvalue weighted by molar-refractivity contribution is -0.124. The summed E-state index contributed by atoms with van der Waals surface area (Å²) >= 11 is 0. The maximum atomic E-state index is 11.9. The van der Waals surface area contributed by atoms with E-state index in [1.165, 1.54) is 0 Å². The van der Waals surface area contributed by atoms with Crippen LogP contribution in [0.25, 0.3) is 0 Å². The molecule has 0 aliphatic heterocycles. The quantitative estimate of drug-likeness (QED) is 0.699. The number of nitrogens with one attached hydrogen (secondary N) is 2. The van der Waals surface area contributed by atoms with Crippen LogP contribution in [0.15, 0.2) is 22.8 Å². The van der Waals surface area contributed by atoms with Crippen LogP contribution in [0.2, 0.25) is 0 Å². The summed E-state index contributed by atoms with van der Waals surface area (Å²) in [5, 5.41) is 15.4. The predicted octanol–water partition coefficient (Wildman–Crippen LogP) is 0.789. The Balaban J connectivity index is 1.78. The Morgan fingerprint density at radius 1 is 1.61 bits per heavy atom. The average Bonchev–Trinajstić information content (AvgIpc) is 2.83. The van der Waals surface area contributed by atoms with Crippen LogP contribution in [0.4, 0.5) is 0 Å². The van der Waals surface area contributed by atoms with Crippen molar-refractivity contribution in [2.45, 2.75) is 44.3 Å². The van der Waals surface area contributed by atoms with Gasteiger partial charge in [-0.15, -0.1) is 0 Å². The van der Waals surface area contributed by atoms with E-state index in [4.69, 9.17) is 4.42 Å². The first-order chi connectivity index (χ1) is 8.65. The highest BCUT2D eigenvalue weighted by Gasteiger charge is 2.38. The molecule has 0 saturated heterocycles. The highest BCUT2D eigenvalue weighted by molar-refractivity contribution is 5.81. The van der Waals surface area contributed by atoms with Gasteiger partial charge in [0.1, 0.15) is 5.76 Å². The number of hydrogen-bond donors (Lipinski definition) is 3. The molecule has 1 unspecified atom stereocenters. The average molecular weight is 252 g/mol. The summed E-state index contributed by atoms with van der Waals surface area (Å²) in [6.07, 6.45) is 4.55. The van der Waals surface area contributed by atoms with Crippen molar-refractivity contribution in [1.29, 1.82) is 0 Å². The Hall–Kier alpha value is -1.33. The minimum absolute atomic E-state index is 0.0777. The molecule has 5 nitrogen and oxygen atoms in total. The summed E-state index contributed by atoms with van der Waals surface area (Å²) < 4.78 is 5.14. The van der Waals surface area contributed by atoms with Crippen molar-refractivity contribution in [2.24, 2.45) is 0 Å². The molecule has 5 heteroatoms. The van der Waals surface area contributed by atoms with Gasteiger partial charge in [0.15, 0.2) is 0 Å². The molecule has 0 bridgehead atoms. The number of furan rings is 1. The van der Waals surface area contributed by atoms with Crippen molar-refractivity contribution < 1.29 is 14.3 Å². The molecular weight excluding hydrogens is 232 g/mol. The molecule has 1 aromatic heterocycles. The van der Waals surface area contributed by atoms with Crippen molar-refractivity contribution in [3.05, 3.63) is 24.2 Å². The van der Waals surface area contributed by atoms with E-state index in [0.29, 0.717) is 6.54 Å². The first kappa shape index (κ1) is 13.1. The molecule has 18 heavy (non-hydrogen) atoms. The lowest BCUT2D eigenvalue weighted by Crippen LogP contribution is -2.60. The first-order valence-electron chi connectivity index (χ1n) is 6.34. The fourth-order valence-electron chi connectivity index (χ4n) is 2.22. The Bertz CT molecular complexity index is 379. The highest BCUT2D eigenvalue weighted by atomic mass is 16.3. The van der Waals surface area contributed by atoms with Gasteiger partial charge in [0.2, 0.25) is 5.91 Å². The molecule has 0 aromatic carbocycles. The summed E-state index contributed by atoms with van der Waals surface area (Å²) in [4.78, 5) is 11.9. The van der Waals surface area contributed by atoms with E-state index < -0.39 is 0 Å². The molecule has 1 saturated carbocycles. The number of amides is 1. The standard InChI is InChI=1S/C13H20N2O3/c1-10(15-13(9-16)5-3-6-13)12(17)14-8-11-4-2-7-18-11/h2,4,7,10,15-16H,3,5-6,8-9H2,1H3,(H,14,17). The SMILES string of the molecule is CC(NC1(CO)CCC1)C(=O)NCc1ccco1. The lowest BCUT2D eigenvalue weighted by Gasteiger charge is -2.42. The number of rotatable bonds is 6. The second kappa shape index (κ2) is 5.54. The molecule has 1 fully saturated rings. The van der Waals surface area contributed by atoms with Crippen LogP contribution >= 0.6 is 0 Å². The van der Waals surface area contributed by atoms with Crippen LogP contribution < -0.4 is 10.6 Å². The van der Waals surface area contributed by atoms with Gasteiger partial charge in [-0.3, -0.25) is 10.1 Å². The topological polar surface area (TPSA) is 74.5 Å². The summed E-state index contributed by atoms with van der Waals surface area (Å²) in [6, 6.07) is 3.30. The summed E-state index contributed by atoms with van der Waals surface area (Å²) in [6.45, 7) is 2.29. The highest BCUT2D eigenvalue weighted by Crippen LogP contribution is 2.31. The zero-order chi connectivity index (χ0) is 13.0. The normalized spacial score (nSPS) is 19.0. The van der Waals surface area contributed by atoms with E-state index in [1.807, 2.05) is 13.0 Å². The van der Waals surface area contributed by atoms with Gasteiger partial charge in [-0.2, -0.15) is 0 Å². The molecular formula is C13H20N2O3. The van der Waals surface area contributed by atoms with Crippen LogP contribution in [-0.4, -0.2) is 29.2 Å². The zero-order valence-electron chi connectivity index (χ0n) is 10.6. The molecule has 1 aliphatic carbocycles. The van der Waals surface area contributed by atoms with Crippen molar-refractivity contribution in [3.8, 4) is 0 Å². The number of carbonyl (C=O) groups excluding carboxylic acids is 1. The maximum absolute atomic E-state index is 11.9. The van der Waals surface area contributed by atoms with Gasteiger partial charge in [0.05, 0.1) is 25.5 Å². The fourth-order valence-corrected chi connectivity index (χ4v) is 2.22. The predicted molar refractivity (Wildman–Crippen MR) is 66.8 cm³/mol. The van der Waals surface area contributed by atoms with Gasteiger partial charge >= 0.3 is 0 Å². The zero-order valence-corrected chi connectivity index (χ0v) is 10.6. The summed E-state index contributed by atoms with van der Waals surface area (Å²) in [7, 11) is 0.